The summed E-state index contributed by atoms with van der Waals surface area (Å²) in [5.41, 5.74) is 0. The van der Waals surface area contributed by atoms with Crippen molar-refractivity contribution < 1.29 is 0 Å². The predicted octanol–water partition coefficient (Wildman–Crippen LogP) is 2.12. The lowest BCUT2D eigenvalue weighted by Crippen LogP contribution is -2.18. The van der Waals surface area contributed by atoms with Crippen LogP contribution in [-0.2, 0) is 6.42 Å². The lowest BCUT2D eigenvalue weighted by Gasteiger charge is -1.98. The third kappa shape index (κ3) is 3.75. The molecule has 0 aliphatic heterocycles. The Hall–Kier alpha value is -0.0500. The molecular formula is C8H12ClNS. The largest absolute Gasteiger partial charge is 0.315 e. The van der Waals surface area contributed by atoms with Gasteiger partial charge < -0.3 is 5.32 Å². The molecule has 62 valence electrons. The van der Waals surface area contributed by atoms with E-state index < -0.39 is 0 Å². The highest BCUT2D eigenvalue weighted by atomic mass is 35.5. The average Bonchev–Trinajstić information content (AvgIpc) is 2.50. The fraction of sp³-hybridized carbons (Fsp3) is 0.500. The van der Waals surface area contributed by atoms with Gasteiger partial charge in [0.1, 0.15) is 0 Å². The number of nitrogens with one attached hydrogen (secondary N) is 1. The molecule has 1 nitrogen and oxygen atoms in total. The molecule has 0 aliphatic carbocycles. The van der Waals surface area contributed by atoms with Crippen LogP contribution in [0.15, 0.2) is 17.5 Å². The zero-order valence-electron chi connectivity index (χ0n) is 6.35. The van der Waals surface area contributed by atoms with Gasteiger partial charge in [0, 0.05) is 23.8 Å². The Morgan fingerprint density at radius 2 is 2.36 bits per heavy atom. The number of thiophene rings is 1. The molecule has 0 radical (unpaired) electrons. The van der Waals surface area contributed by atoms with Crippen LogP contribution in [0.1, 0.15) is 4.88 Å². The first-order chi connectivity index (χ1) is 5.43. The van der Waals surface area contributed by atoms with Crippen LogP contribution in [0.2, 0.25) is 0 Å². The Morgan fingerprint density at radius 1 is 1.45 bits per heavy atom. The molecule has 1 rings (SSSR count). The van der Waals surface area contributed by atoms with Crippen LogP contribution in [0, 0.1) is 0 Å². The molecule has 0 unspecified atom stereocenters. The zero-order chi connectivity index (χ0) is 7.94. The van der Waals surface area contributed by atoms with Crippen LogP contribution in [-0.4, -0.2) is 19.0 Å². The van der Waals surface area contributed by atoms with Crippen molar-refractivity contribution in [2.24, 2.45) is 0 Å². The van der Waals surface area contributed by atoms with Crippen molar-refractivity contribution >= 4 is 22.9 Å². The molecule has 1 heterocycles. The molecule has 0 aromatic carbocycles. The summed E-state index contributed by atoms with van der Waals surface area (Å²) in [5.74, 6) is 0.699. The van der Waals surface area contributed by atoms with E-state index in [-0.39, 0.29) is 0 Å². The molecule has 0 spiro atoms. The first-order valence-electron chi connectivity index (χ1n) is 3.72. The monoisotopic (exact) mass is 189 g/mol. The van der Waals surface area contributed by atoms with Gasteiger partial charge in [0.2, 0.25) is 0 Å². The van der Waals surface area contributed by atoms with E-state index in [4.69, 9.17) is 11.6 Å². The molecular weight excluding hydrogens is 178 g/mol. The van der Waals surface area contributed by atoms with Gasteiger partial charge in [0.25, 0.3) is 0 Å². The third-order valence-electron chi connectivity index (χ3n) is 1.40. The number of hydrogen-bond acceptors (Lipinski definition) is 2. The van der Waals surface area contributed by atoms with Crippen LogP contribution < -0.4 is 5.32 Å². The Kier molecular flexibility index (Phi) is 4.59. The minimum Gasteiger partial charge on any atom is -0.315 e. The summed E-state index contributed by atoms with van der Waals surface area (Å²) >= 11 is 7.31. The van der Waals surface area contributed by atoms with E-state index in [1.807, 2.05) is 11.3 Å². The maximum atomic E-state index is 5.50. The normalized spacial score (nSPS) is 10.3. The lowest BCUT2D eigenvalue weighted by molar-refractivity contribution is 0.724. The molecule has 3 heteroatoms. The number of rotatable bonds is 5. The van der Waals surface area contributed by atoms with Crippen LogP contribution >= 0.6 is 22.9 Å². The van der Waals surface area contributed by atoms with Crippen LogP contribution in [0.4, 0.5) is 0 Å². The minimum absolute atomic E-state index is 0.699. The number of alkyl halides is 1. The van der Waals surface area contributed by atoms with E-state index in [0.717, 1.165) is 19.5 Å². The second-order valence-corrected chi connectivity index (χ2v) is 3.68. The molecule has 0 saturated carbocycles. The first kappa shape index (κ1) is 9.04. The Bertz CT molecular complexity index is 174. The zero-order valence-corrected chi connectivity index (χ0v) is 7.92. The molecule has 11 heavy (non-hydrogen) atoms. The fourth-order valence-electron chi connectivity index (χ4n) is 0.858. The van der Waals surface area contributed by atoms with Gasteiger partial charge in [-0.05, 0) is 17.9 Å². The average molecular weight is 190 g/mol. The van der Waals surface area contributed by atoms with Gasteiger partial charge in [0.15, 0.2) is 0 Å². The van der Waals surface area contributed by atoms with E-state index in [1.165, 1.54) is 4.88 Å². The molecule has 1 aromatic heterocycles. The molecule has 0 fully saturated rings. The third-order valence-corrected chi connectivity index (χ3v) is 2.52. The molecule has 0 saturated heterocycles. The quantitative estimate of drug-likeness (QED) is 0.553. The first-order valence-corrected chi connectivity index (χ1v) is 5.14. The van der Waals surface area contributed by atoms with Crippen molar-refractivity contribution in [3.8, 4) is 0 Å². The van der Waals surface area contributed by atoms with Crippen molar-refractivity contribution in [1.82, 2.24) is 5.32 Å². The topological polar surface area (TPSA) is 12.0 Å². The van der Waals surface area contributed by atoms with Crippen LogP contribution in [0.5, 0.6) is 0 Å². The second kappa shape index (κ2) is 5.58. The second-order valence-electron chi connectivity index (χ2n) is 2.27. The maximum absolute atomic E-state index is 5.50. The van der Waals surface area contributed by atoms with Gasteiger partial charge >= 0.3 is 0 Å². The van der Waals surface area contributed by atoms with Gasteiger partial charge in [-0.25, -0.2) is 0 Å². The van der Waals surface area contributed by atoms with E-state index in [2.05, 4.69) is 22.8 Å². The van der Waals surface area contributed by atoms with Gasteiger partial charge in [0.05, 0.1) is 0 Å². The summed E-state index contributed by atoms with van der Waals surface area (Å²) in [6.07, 6.45) is 1.12. The molecule has 1 aromatic rings. The van der Waals surface area contributed by atoms with Crippen molar-refractivity contribution in [2.75, 3.05) is 19.0 Å². The summed E-state index contributed by atoms with van der Waals surface area (Å²) in [6, 6.07) is 4.24. The summed E-state index contributed by atoms with van der Waals surface area (Å²) in [4.78, 5) is 1.44. The SMILES string of the molecule is ClCCNCCc1cccs1. The Balaban J connectivity index is 2.04. The molecule has 1 N–H and O–H groups in total. The predicted molar refractivity (Wildman–Crippen MR) is 51.6 cm³/mol. The summed E-state index contributed by atoms with van der Waals surface area (Å²) in [7, 11) is 0. The molecule has 0 atom stereocenters. The number of halogens is 1. The summed E-state index contributed by atoms with van der Waals surface area (Å²) < 4.78 is 0. The van der Waals surface area contributed by atoms with Crippen molar-refractivity contribution in [2.45, 2.75) is 6.42 Å². The van der Waals surface area contributed by atoms with E-state index >= 15 is 0 Å². The van der Waals surface area contributed by atoms with Crippen LogP contribution in [0.25, 0.3) is 0 Å². The van der Waals surface area contributed by atoms with Crippen molar-refractivity contribution in [3.05, 3.63) is 22.4 Å². The van der Waals surface area contributed by atoms with Crippen molar-refractivity contribution in [3.63, 3.8) is 0 Å². The van der Waals surface area contributed by atoms with Gasteiger partial charge in [-0.3, -0.25) is 0 Å². The summed E-state index contributed by atoms with van der Waals surface area (Å²) in [5, 5.41) is 5.36. The van der Waals surface area contributed by atoms with Crippen LogP contribution in [0.3, 0.4) is 0 Å². The smallest absolute Gasteiger partial charge is 0.0348 e. The van der Waals surface area contributed by atoms with Gasteiger partial charge in [-0.2, -0.15) is 0 Å². The van der Waals surface area contributed by atoms with E-state index in [1.54, 1.807) is 0 Å². The lowest BCUT2D eigenvalue weighted by atomic mass is 10.3. The highest BCUT2D eigenvalue weighted by molar-refractivity contribution is 7.09. The van der Waals surface area contributed by atoms with Gasteiger partial charge in [-0.15, -0.1) is 22.9 Å². The van der Waals surface area contributed by atoms with E-state index in [0.29, 0.717) is 5.88 Å². The molecule has 0 amide bonds. The molecule has 0 aliphatic rings. The Labute approximate surface area is 76.4 Å². The fourth-order valence-corrected chi connectivity index (χ4v) is 1.70. The highest BCUT2D eigenvalue weighted by Gasteiger charge is 1.91. The van der Waals surface area contributed by atoms with E-state index in [9.17, 15) is 0 Å². The Morgan fingerprint density at radius 3 is 3.00 bits per heavy atom. The van der Waals surface area contributed by atoms with Gasteiger partial charge in [-0.1, -0.05) is 6.07 Å². The highest BCUT2D eigenvalue weighted by Crippen LogP contribution is 2.07. The standard InChI is InChI=1S/C8H12ClNS/c9-4-6-10-5-3-8-2-1-7-11-8/h1-2,7,10H,3-6H2. The summed E-state index contributed by atoms with van der Waals surface area (Å²) in [6.45, 7) is 1.94. The molecule has 0 bridgehead atoms. The number of hydrogen-bond donors (Lipinski definition) is 1. The van der Waals surface area contributed by atoms with Crippen molar-refractivity contribution in [1.29, 1.82) is 0 Å². The maximum Gasteiger partial charge on any atom is 0.0348 e. The minimum atomic E-state index is 0.699.